The van der Waals surface area contributed by atoms with Crippen LogP contribution in [0.15, 0.2) is 65.7 Å². The zero-order chi connectivity index (χ0) is 23.4. The molecule has 0 saturated heterocycles. The summed E-state index contributed by atoms with van der Waals surface area (Å²) >= 11 is 5.96. The highest BCUT2D eigenvalue weighted by atomic mass is 35.5. The number of rotatable bonds is 8. The van der Waals surface area contributed by atoms with Crippen LogP contribution in [0.5, 0.6) is 5.75 Å². The fraction of sp³-hybridized carbons (Fsp3) is 0.250. The van der Waals surface area contributed by atoms with Gasteiger partial charge in [-0.05, 0) is 55.3 Å². The number of fused-ring (bicyclic) bond motifs is 1. The van der Waals surface area contributed by atoms with E-state index in [2.05, 4.69) is 15.5 Å². The van der Waals surface area contributed by atoms with E-state index in [4.69, 9.17) is 16.3 Å². The van der Waals surface area contributed by atoms with Gasteiger partial charge in [-0.25, -0.2) is 0 Å². The van der Waals surface area contributed by atoms with Crippen LogP contribution in [0, 0.1) is 5.92 Å². The molecule has 8 nitrogen and oxygen atoms in total. The molecule has 1 unspecified atom stereocenters. The Morgan fingerprint density at radius 3 is 2.67 bits per heavy atom. The van der Waals surface area contributed by atoms with E-state index >= 15 is 0 Å². The van der Waals surface area contributed by atoms with E-state index in [9.17, 15) is 9.59 Å². The second-order valence-electron chi connectivity index (χ2n) is 7.78. The smallest absolute Gasteiger partial charge is 0.300 e. The van der Waals surface area contributed by atoms with Crippen molar-refractivity contribution in [2.75, 3.05) is 11.9 Å². The summed E-state index contributed by atoms with van der Waals surface area (Å²) in [5, 5.41) is 11.7. The Balaban J connectivity index is 1.47. The molecular weight excluding hydrogens is 442 g/mol. The lowest BCUT2D eigenvalue weighted by molar-refractivity contribution is -0.116. The van der Waals surface area contributed by atoms with Gasteiger partial charge >= 0.3 is 5.56 Å². The molecule has 0 bridgehead atoms. The van der Waals surface area contributed by atoms with Crippen molar-refractivity contribution in [2.24, 2.45) is 5.92 Å². The number of hydrogen-bond donors (Lipinski definition) is 1. The topological polar surface area (TPSA) is 90.5 Å². The van der Waals surface area contributed by atoms with E-state index in [1.54, 1.807) is 41.1 Å². The highest BCUT2D eigenvalue weighted by Crippen LogP contribution is 2.18. The van der Waals surface area contributed by atoms with Crippen LogP contribution < -0.4 is 15.6 Å². The molecule has 0 aliphatic carbocycles. The lowest BCUT2D eigenvalue weighted by atomic mass is 10.0. The summed E-state index contributed by atoms with van der Waals surface area (Å²) < 4.78 is 8.65. The van der Waals surface area contributed by atoms with Gasteiger partial charge in [-0.2, -0.15) is 0 Å². The Bertz CT molecular complexity index is 1330. The zero-order valence-electron chi connectivity index (χ0n) is 18.4. The van der Waals surface area contributed by atoms with Crippen molar-refractivity contribution in [3.05, 3.63) is 82.1 Å². The van der Waals surface area contributed by atoms with E-state index in [0.717, 1.165) is 5.75 Å². The number of nitrogens with one attached hydrogen (secondary N) is 1. The molecule has 0 spiro atoms. The Kier molecular flexibility index (Phi) is 6.74. The summed E-state index contributed by atoms with van der Waals surface area (Å²) in [5.74, 6) is 1.25. The van der Waals surface area contributed by atoms with Crippen molar-refractivity contribution in [3.63, 3.8) is 0 Å². The van der Waals surface area contributed by atoms with Crippen LogP contribution in [0.2, 0.25) is 5.02 Å². The molecule has 33 heavy (non-hydrogen) atoms. The first-order valence-electron chi connectivity index (χ1n) is 10.7. The largest absolute Gasteiger partial charge is 0.494 e. The molecule has 2 aromatic heterocycles. The standard InChI is InChI=1S/C24H24ClN5O3/c1-3-33-20-9-7-19(8-10-20)29-11-12-30-21(27-28-23(30)24(29)32)13-16(2)14-22(31)26-18-6-4-5-17(25)15-18/h4-12,15-16H,3,13-14H2,1-2H3,(H,26,31). The molecule has 9 heteroatoms. The molecule has 170 valence electrons. The molecule has 1 N–H and O–H groups in total. The van der Waals surface area contributed by atoms with Crippen LogP contribution in [0.3, 0.4) is 0 Å². The molecule has 4 aromatic rings. The van der Waals surface area contributed by atoms with Crippen LogP contribution in [-0.2, 0) is 11.2 Å². The fourth-order valence-electron chi connectivity index (χ4n) is 3.63. The van der Waals surface area contributed by atoms with Crippen molar-refractivity contribution in [3.8, 4) is 11.4 Å². The van der Waals surface area contributed by atoms with E-state index in [0.29, 0.717) is 41.7 Å². The molecule has 2 aromatic carbocycles. The highest BCUT2D eigenvalue weighted by Gasteiger charge is 2.16. The number of benzene rings is 2. The molecule has 0 saturated carbocycles. The first-order chi connectivity index (χ1) is 15.9. The number of halogens is 1. The molecule has 2 heterocycles. The number of nitrogens with zero attached hydrogens (tertiary/aromatic N) is 4. The molecule has 1 amide bonds. The van der Waals surface area contributed by atoms with Gasteiger partial charge in [0.05, 0.1) is 6.61 Å². The molecule has 0 radical (unpaired) electrons. The number of amides is 1. The van der Waals surface area contributed by atoms with Crippen molar-refractivity contribution in [1.29, 1.82) is 0 Å². The van der Waals surface area contributed by atoms with Crippen molar-refractivity contribution < 1.29 is 9.53 Å². The van der Waals surface area contributed by atoms with Gasteiger partial charge in [0, 0.05) is 41.6 Å². The van der Waals surface area contributed by atoms with Gasteiger partial charge in [0.15, 0.2) is 0 Å². The van der Waals surface area contributed by atoms with Crippen molar-refractivity contribution in [2.45, 2.75) is 26.7 Å². The van der Waals surface area contributed by atoms with Gasteiger partial charge in [0.1, 0.15) is 11.6 Å². The summed E-state index contributed by atoms with van der Waals surface area (Å²) in [5.41, 5.74) is 1.33. The van der Waals surface area contributed by atoms with E-state index in [-0.39, 0.29) is 23.0 Å². The molecule has 1 atom stereocenters. The average Bonchev–Trinajstić information content (AvgIpc) is 3.18. The minimum Gasteiger partial charge on any atom is -0.494 e. The number of carbonyl (C=O) groups excluding carboxylic acids is 1. The molecule has 0 fully saturated rings. The Morgan fingerprint density at radius 1 is 1.15 bits per heavy atom. The maximum atomic E-state index is 13.0. The van der Waals surface area contributed by atoms with Crippen LogP contribution in [0.1, 0.15) is 26.1 Å². The summed E-state index contributed by atoms with van der Waals surface area (Å²) in [6.07, 6.45) is 4.25. The monoisotopic (exact) mass is 465 g/mol. The highest BCUT2D eigenvalue weighted by molar-refractivity contribution is 6.30. The van der Waals surface area contributed by atoms with Gasteiger partial charge in [-0.15, -0.1) is 10.2 Å². The Labute approximate surface area is 195 Å². The van der Waals surface area contributed by atoms with Gasteiger partial charge < -0.3 is 10.1 Å². The zero-order valence-corrected chi connectivity index (χ0v) is 19.1. The Hall–Kier alpha value is -3.65. The molecule has 0 aliphatic rings. The number of anilines is 1. The minimum absolute atomic E-state index is 0.00914. The second kappa shape index (κ2) is 9.87. The number of hydrogen-bond acceptors (Lipinski definition) is 5. The average molecular weight is 466 g/mol. The first-order valence-corrected chi connectivity index (χ1v) is 11.1. The molecule has 0 aliphatic heterocycles. The maximum absolute atomic E-state index is 13.0. The number of carbonyl (C=O) groups is 1. The second-order valence-corrected chi connectivity index (χ2v) is 8.22. The van der Waals surface area contributed by atoms with Gasteiger partial charge in [0.25, 0.3) is 0 Å². The lowest BCUT2D eigenvalue weighted by Crippen LogP contribution is -2.21. The van der Waals surface area contributed by atoms with Crippen LogP contribution in [-0.4, -0.2) is 31.7 Å². The summed E-state index contributed by atoms with van der Waals surface area (Å²) in [6, 6.07) is 14.3. The fourth-order valence-corrected chi connectivity index (χ4v) is 3.82. The SMILES string of the molecule is CCOc1ccc(-n2ccn3c(CC(C)CC(=O)Nc4cccc(Cl)c4)nnc3c2=O)cc1. The summed E-state index contributed by atoms with van der Waals surface area (Å²) in [7, 11) is 0. The maximum Gasteiger partial charge on any atom is 0.300 e. The molecule has 4 rings (SSSR count). The predicted octanol–water partition coefficient (Wildman–Crippen LogP) is 4.14. The summed E-state index contributed by atoms with van der Waals surface area (Å²) in [4.78, 5) is 25.4. The van der Waals surface area contributed by atoms with Gasteiger partial charge in [-0.3, -0.25) is 18.6 Å². The Morgan fingerprint density at radius 2 is 1.94 bits per heavy atom. The molecular formula is C24H24ClN5O3. The summed E-state index contributed by atoms with van der Waals surface area (Å²) in [6.45, 7) is 4.45. The van der Waals surface area contributed by atoms with Crippen molar-refractivity contribution >= 4 is 28.8 Å². The lowest BCUT2D eigenvalue weighted by Gasteiger charge is -2.11. The van der Waals surface area contributed by atoms with E-state index in [1.165, 1.54) is 4.57 Å². The van der Waals surface area contributed by atoms with Crippen molar-refractivity contribution in [1.82, 2.24) is 19.2 Å². The van der Waals surface area contributed by atoms with E-state index in [1.807, 2.05) is 38.1 Å². The number of aromatic nitrogens is 4. The minimum atomic E-state index is -0.272. The van der Waals surface area contributed by atoms with Crippen LogP contribution >= 0.6 is 11.6 Å². The third-order valence-corrected chi connectivity index (χ3v) is 5.38. The van der Waals surface area contributed by atoms with Gasteiger partial charge in [-0.1, -0.05) is 24.6 Å². The third kappa shape index (κ3) is 5.23. The van der Waals surface area contributed by atoms with E-state index < -0.39 is 0 Å². The van der Waals surface area contributed by atoms with Gasteiger partial charge in [0.2, 0.25) is 11.6 Å². The van der Waals surface area contributed by atoms with Crippen LogP contribution in [0.4, 0.5) is 5.69 Å². The first kappa shape index (κ1) is 22.5. The number of ether oxygens (including phenoxy) is 1. The quantitative estimate of drug-likeness (QED) is 0.422. The normalized spacial score (nSPS) is 12.0. The third-order valence-electron chi connectivity index (χ3n) is 5.14. The predicted molar refractivity (Wildman–Crippen MR) is 127 cm³/mol. The van der Waals surface area contributed by atoms with Crippen LogP contribution in [0.25, 0.3) is 11.3 Å².